The van der Waals surface area contributed by atoms with Crippen LogP contribution in [0.5, 0.6) is 0 Å². The molecule has 0 atom stereocenters. The molecule has 2 aromatic rings. The Kier molecular flexibility index (Phi) is 3.42. The van der Waals surface area contributed by atoms with Crippen molar-refractivity contribution in [3.63, 3.8) is 0 Å². The molecule has 4 aliphatic carbocycles. The SMILES string of the molecule is Cc1cc(C)c(C[n+]2ccn(C34CC5CC(CC(C5)C3)C4)c2)c(C)c1. The van der Waals surface area contributed by atoms with Gasteiger partial charge < -0.3 is 0 Å². The number of hydrogen-bond acceptors (Lipinski definition) is 0. The van der Waals surface area contributed by atoms with Gasteiger partial charge in [-0.15, -0.1) is 0 Å². The van der Waals surface area contributed by atoms with Crippen molar-refractivity contribution in [2.45, 2.75) is 71.4 Å². The second kappa shape index (κ2) is 5.46. The minimum Gasteiger partial charge on any atom is -0.233 e. The van der Waals surface area contributed by atoms with Gasteiger partial charge in [0.05, 0.1) is 0 Å². The van der Waals surface area contributed by atoms with Gasteiger partial charge in [0.25, 0.3) is 0 Å². The Morgan fingerprint density at radius 1 is 0.960 bits per heavy atom. The molecule has 4 bridgehead atoms. The third-order valence-electron chi connectivity index (χ3n) is 7.43. The summed E-state index contributed by atoms with van der Waals surface area (Å²) in [6, 6.07) is 4.64. The summed E-state index contributed by atoms with van der Waals surface area (Å²) in [6.07, 6.45) is 15.9. The van der Waals surface area contributed by atoms with Gasteiger partial charge in [-0.1, -0.05) is 17.7 Å². The number of aryl methyl sites for hydroxylation is 3. The fraction of sp³-hybridized carbons (Fsp3) is 0.609. The lowest BCUT2D eigenvalue weighted by Crippen LogP contribution is -2.51. The van der Waals surface area contributed by atoms with Crippen LogP contribution < -0.4 is 4.57 Å². The smallest absolute Gasteiger partial charge is 0.233 e. The van der Waals surface area contributed by atoms with E-state index >= 15 is 0 Å². The third kappa shape index (κ3) is 2.56. The lowest BCUT2D eigenvalue weighted by molar-refractivity contribution is -0.688. The Bertz CT molecular complexity index is 755. The van der Waals surface area contributed by atoms with Crippen molar-refractivity contribution in [1.29, 1.82) is 0 Å². The summed E-state index contributed by atoms with van der Waals surface area (Å²) < 4.78 is 5.01. The average Bonchev–Trinajstić information content (AvgIpc) is 2.99. The minimum absolute atomic E-state index is 0.442. The molecule has 0 unspecified atom stereocenters. The molecule has 0 spiro atoms. The van der Waals surface area contributed by atoms with Crippen LogP contribution in [0, 0.1) is 38.5 Å². The molecular weight excluding hydrogens is 304 g/mol. The topological polar surface area (TPSA) is 8.81 Å². The zero-order valence-electron chi connectivity index (χ0n) is 16.0. The highest BCUT2D eigenvalue weighted by Gasteiger charge is 2.54. The molecular formula is C23H31N2+. The minimum atomic E-state index is 0.442. The van der Waals surface area contributed by atoms with Crippen molar-refractivity contribution in [2.24, 2.45) is 17.8 Å². The van der Waals surface area contributed by atoms with Crippen molar-refractivity contribution in [3.8, 4) is 0 Å². The first-order valence-electron chi connectivity index (χ1n) is 10.1. The molecule has 1 aromatic heterocycles. The molecule has 0 radical (unpaired) electrons. The molecule has 6 rings (SSSR count). The Morgan fingerprint density at radius 3 is 2.08 bits per heavy atom. The van der Waals surface area contributed by atoms with Crippen molar-refractivity contribution in [3.05, 3.63) is 53.1 Å². The van der Waals surface area contributed by atoms with Crippen LogP contribution in [-0.2, 0) is 12.1 Å². The summed E-state index contributed by atoms with van der Waals surface area (Å²) in [5.74, 6) is 3.01. The number of aromatic nitrogens is 2. The largest absolute Gasteiger partial charge is 0.244 e. The summed E-state index contributed by atoms with van der Waals surface area (Å²) in [6.45, 7) is 7.70. The molecule has 2 heteroatoms. The first-order chi connectivity index (χ1) is 12.0. The molecule has 0 N–H and O–H groups in total. The van der Waals surface area contributed by atoms with Crippen LogP contribution in [0.15, 0.2) is 30.9 Å². The Morgan fingerprint density at radius 2 is 1.52 bits per heavy atom. The van der Waals surface area contributed by atoms with Crippen LogP contribution in [0.3, 0.4) is 0 Å². The van der Waals surface area contributed by atoms with Gasteiger partial charge in [0.2, 0.25) is 6.33 Å². The lowest BCUT2D eigenvalue weighted by Gasteiger charge is -2.54. The van der Waals surface area contributed by atoms with E-state index in [9.17, 15) is 0 Å². The molecule has 25 heavy (non-hydrogen) atoms. The van der Waals surface area contributed by atoms with Gasteiger partial charge in [-0.3, -0.25) is 0 Å². The maximum Gasteiger partial charge on any atom is 0.244 e. The second-order valence-corrected chi connectivity index (χ2v) is 9.51. The average molecular weight is 336 g/mol. The number of hydrogen-bond donors (Lipinski definition) is 0. The molecule has 0 aliphatic heterocycles. The molecule has 0 amide bonds. The monoisotopic (exact) mass is 335 g/mol. The fourth-order valence-electron chi connectivity index (χ4n) is 6.79. The van der Waals surface area contributed by atoms with E-state index in [1.54, 1.807) is 0 Å². The molecule has 4 fully saturated rings. The maximum atomic E-state index is 2.61. The highest BCUT2D eigenvalue weighted by Crippen LogP contribution is 2.58. The molecule has 0 saturated heterocycles. The quantitative estimate of drug-likeness (QED) is 0.721. The van der Waals surface area contributed by atoms with Crippen LogP contribution in [-0.4, -0.2) is 4.57 Å². The van der Waals surface area contributed by atoms with E-state index in [1.807, 2.05) is 0 Å². The van der Waals surface area contributed by atoms with E-state index in [2.05, 4.69) is 60.8 Å². The number of imidazole rings is 1. The zero-order chi connectivity index (χ0) is 17.2. The van der Waals surface area contributed by atoms with Gasteiger partial charge in [0, 0.05) is 0 Å². The Balaban J connectivity index is 1.43. The van der Waals surface area contributed by atoms with Gasteiger partial charge in [-0.2, -0.15) is 0 Å². The van der Waals surface area contributed by atoms with E-state index in [4.69, 9.17) is 0 Å². The molecule has 1 aromatic carbocycles. The summed E-state index contributed by atoms with van der Waals surface area (Å²) in [5.41, 5.74) is 6.14. The third-order valence-corrected chi connectivity index (χ3v) is 7.43. The van der Waals surface area contributed by atoms with E-state index in [0.717, 1.165) is 24.3 Å². The van der Waals surface area contributed by atoms with Crippen LogP contribution in [0.4, 0.5) is 0 Å². The predicted octanol–water partition coefficient (Wildman–Crippen LogP) is 4.67. The summed E-state index contributed by atoms with van der Waals surface area (Å²) in [5, 5.41) is 0. The van der Waals surface area contributed by atoms with Gasteiger partial charge in [0.15, 0.2) is 0 Å². The van der Waals surface area contributed by atoms with Crippen LogP contribution in [0.1, 0.15) is 60.8 Å². The summed E-state index contributed by atoms with van der Waals surface area (Å²) in [7, 11) is 0. The molecule has 132 valence electrons. The van der Waals surface area contributed by atoms with Crippen molar-refractivity contribution in [1.82, 2.24) is 4.57 Å². The van der Waals surface area contributed by atoms with Crippen LogP contribution >= 0.6 is 0 Å². The first-order valence-corrected chi connectivity index (χ1v) is 10.1. The van der Waals surface area contributed by atoms with E-state index < -0.39 is 0 Å². The fourth-order valence-corrected chi connectivity index (χ4v) is 6.79. The molecule has 2 nitrogen and oxygen atoms in total. The van der Waals surface area contributed by atoms with Crippen LogP contribution in [0.2, 0.25) is 0 Å². The van der Waals surface area contributed by atoms with Crippen molar-refractivity contribution in [2.75, 3.05) is 0 Å². The zero-order valence-corrected chi connectivity index (χ0v) is 16.0. The highest BCUT2D eigenvalue weighted by atomic mass is 15.2. The Hall–Kier alpha value is -1.57. The van der Waals surface area contributed by atoms with Gasteiger partial charge >= 0.3 is 0 Å². The van der Waals surface area contributed by atoms with Gasteiger partial charge in [-0.05, 0) is 93.7 Å². The number of rotatable bonds is 3. The van der Waals surface area contributed by atoms with Crippen LogP contribution in [0.25, 0.3) is 0 Å². The standard InChI is InChI=1S/C23H31N2/c1-16-6-17(2)22(18(3)7-16)14-24-4-5-25(15-24)23-11-19-8-20(12-23)10-21(9-19)13-23/h4-7,15,19-21H,8-14H2,1-3H3/q+1. The maximum absolute atomic E-state index is 2.61. The highest BCUT2D eigenvalue weighted by molar-refractivity contribution is 5.36. The Labute approximate surface area is 151 Å². The molecule has 4 aliphatic rings. The number of benzene rings is 1. The van der Waals surface area contributed by atoms with E-state index in [0.29, 0.717) is 5.54 Å². The lowest BCUT2D eigenvalue weighted by atomic mass is 9.53. The number of nitrogens with zero attached hydrogens (tertiary/aromatic N) is 2. The van der Waals surface area contributed by atoms with Gasteiger partial charge in [-0.25, -0.2) is 9.13 Å². The summed E-state index contributed by atoms with van der Waals surface area (Å²) in [4.78, 5) is 0. The van der Waals surface area contributed by atoms with Crippen molar-refractivity contribution >= 4 is 0 Å². The summed E-state index contributed by atoms with van der Waals surface area (Å²) >= 11 is 0. The van der Waals surface area contributed by atoms with Gasteiger partial charge in [0.1, 0.15) is 24.5 Å². The molecule has 1 heterocycles. The molecule has 4 saturated carbocycles. The van der Waals surface area contributed by atoms with E-state index in [-0.39, 0.29) is 0 Å². The predicted molar refractivity (Wildman–Crippen MR) is 101 cm³/mol. The normalized spacial score (nSPS) is 33.2. The van der Waals surface area contributed by atoms with E-state index in [1.165, 1.54) is 60.8 Å². The first kappa shape index (κ1) is 15.7. The van der Waals surface area contributed by atoms with Crippen molar-refractivity contribution < 1.29 is 4.57 Å². The second-order valence-electron chi connectivity index (χ2n) is 9.51.